The number of carbonyl (C=O) groups excluding carboxylic acids is 3. The second-order valence-electron chi connectivity index (χ2n) is 8.17. The highest BCUT2D eigenvalue weighted by molar-refractivity contribution is 6.30. The third-order valence-electron chi connectivity index (χ3n) is 6.11. The molecule has 0 saturated carbocycles. The highest BCUT2D eigenvalue weighted by atomic mass is 19.1. The van der Waals surface area contributed by atoms with Gasteiger partial charge in [0.25, 0.3) is 0 Å². The Balaban J connectivity index is 1.71. The van der Waals surface area contributed by atoms with Crippen molar-refractivity contribution in [2.24, 2.45) is 10.9 Å². The van der Waals surface area contributed by atoms with Gasteiger partial charge < -0.3 is 9.72 Å². The van der Waals surface area contributed by atoms with Crippen LogP contribution in [0, 0.1) is 18.7 Å². The van der Waals surface area contributed by atoms with Crippen LogP contribution in [0.2, 0.25) is 0 Å². The minimum atomic E-state index is -1.29. The lowest BCUT2D eigenvalue weighted by molar-refractivity contribution is -0.144. The van der Waals surface area contributed by atoms with Gasteiger partial charge in [-0.05, 0) is 54.8 Å². The van der Waals surface area contributed by atoms with Gasteiger partial charge in [-0.15, -0.1) is 0 Å². The Labute approximate surface area is 196 Å². The lowest BCUT2D eigenvalue weighted by Crippen LogP contribution is -2.59. The van der Waals surface area contributed by atoms with E-state index in [1.807, 2.05) is 25.1 Å². The summed E-state index contributed by atoms with van der Waals surface area (Å²) in [7, 11) is 4.26. The zero-order chi connectivity index (χ0) is 24.6. The van der Waals surface area contributed by atoms with Crippen LogP contribution in [0.25, 0.3) is 10.9 Å². The molecule has 0 spiro atoms. The number of methoxy groups -OCH3 is 1. The van der Waals surface area contributed by atoms with Crippen LogP contribution in [0.4, 0.5) is 9.18 Å². The van der Waals surface area contributed by atoms with Crippen LogP contribution in [0.3, 0.4) is 0 Å². The van der Waals surface area contributed by atoms with Crippen LogP contribution in [-0.4, -0.2) is 66.1 Å². The van der Waals surface area contributed by atoms with Crippen molar-refractivity contribution in [2.45, 2.75) is 13.3 Å². The topological polar surface area (TPSA) is 95.1 Å². The van der Waals surface area contributed by atoms with Crippen LogP contribution in [0.1, 0.15) is 16.8 Å². The molecule has 1 aromatic heterocycles. The van der Waals surface area contributed by atoms with E-state index in [4.69, 9.17) is 4.74 Å². The Morgan fingerprint density at radius 1 is 1.06 bits per heavy atom. The van der Waals surface area contributed by atoms with Crippen molar-refractivity contribution in [1.29, 1.82) is 0 Å². The largest absolute Gasteiger partial charge is 0.497 e. The molecule has 34 heavy (non-hydrogen) atoms. The molecule has 1 fully saturated rings. The number of H-pyrrole nitrogens is 1. The number of nitrogens with zero attached hydrogens (tertiary/aromatic N) is 3. The van der Waals surface area contributed by atoms with E-state index in [1.54, 1.807) is 7.11 Å². The van der Waals surface area contributed by atoms with E-state index in [-0.39, 0.29) is 12.3 Å². The number of carbonyl (C=O) groups is 3. The quantitative estimate of drug-likeness (QED) is 0.447. The van der Waals surface area contributed by atoms with Gasteiger partial charge in [-0.25, -0.2) is 9.18 Å². The first kappa shape index (κ1) is 23.2. The number of rotatable bonds is 6. The van der Waals surface area contributed by atoms with E-state index in [0.717, 1.165) is 37.7 Å². The number of amides is 4. The predicted molar refractivity (Wildman–Crippen MR) is 126 cm³/mol. The molecule has 1 N–H and O–H groups in total. The fourth-order valence-corrected chi connectivity index (χ4v) is 4.21. The van der Waals surface area contributed by atoms with Crippen molar-refractivity contribution >= 4 is 34.5 Å². The number of nitrogens with one attached hydrogen (secondary N) is 1. The number of aliphatic imine (C=N–C) groups is 1. The normalized spacial score (nSPS) is 15.6. The first-order valence-corrected chi connectivity index (χ1v) is 10.8. The zero-order valence-corrected chi connectivity index (χ0v) is 19.4. The second-order valence-corrected chi connectivity index (χ2v) is 8.17. The molecule has 1 saturated heterocycles. The molecular formula is C25H25FN4O4. The Morgan fingerprint density at radius 3 is 2.32 bits per heavy atom. The van der Waals surface area contributed by atoms with Gasteiger partial charge in [0.1, 0.15) is 11.6 Å². The number of hydrogen-bond donors (Lipinski definition) is 1. The number of halogens is 1. The summed E-state index contributed by atoms with van der Waals surface area (Å²) in [4.78, 5) is 47.9. The van der Waals surface area contributed by atoms with Crippen LogP contribution in [-0.2, 0) is 16.0 Å². The summed E-state index contributed by atoms with van der Waals surface area (Å²) in [5.41, 5.74) is 3.65. The lowest BCUT2D eigenvalue weighted by atomic mass is 9.92. The summed E-state index contributed by atoms with van der Waals surface area (Å²) in [6.07, 6.45) is 0.531. The first-order valence-electron chi connectivity index (χ1n) is 10.8. The van der Waals surface area contributed by atoms with Gasteiger partial charge in [-0.3, -0.25) is 24.4 Å². The maximum Gasteiger partial charge on any atom is 0.332 e. The summed E-state index contributed by atoms with van der Waals surface area (Å²) in [6.45, 7) is 2.24. The molecule has 2 aromatic carbocycles. The Morgan fingerprint density at radius 2 is 1.71 bits per heavy atom. The van der Waals surface area contributed by atoms with Crippen LogP contribution >= 0.6 is 0 Å². The Bertz CT molecular complexity index is 1290. The SMILES string of the molecule is COc1ccc2[nH]c(C)c(CCN=C(c3ccc(F)cc3)C3C(=O)N(C)C(=O)N(C)C3=O)c2c1. The van der Waals surface area contributed by atoms with E-state index in [1.165, 1.54) is 38.4 Å². The first-order chi connectivity index (χ1) is 16.2. The smallest absolute Gasteiger partial charge is 0.332 e. The molecule has 4 rings (SSSR count). The third kappa shape index (κ3) is 4.05. The van der Waals surface area contributed by atoms with Gasteiger partial charge in [0.05, 0.1) is 12.8 Å². The zero-order valence-electron chi connectivity index (χ0n) is 19.4. The maximum absolute atomic E-state index is 13.6. The number of barbiturate groups is 1. The fraction of sp³-hybridized carbons (Fsp3) is 0.280. The molecule has 4 amide bonds. The van der Waals surface area contributed by atoms with Gasteiger partial charge in [0.2, 0.25) is 11.8 Å². The molecule has 0 aliphatic carbocycles. The molecule has 1 aliphatic heterocycles. The van der Waals surface area contributed by atoms with E-state index in [2.05, 4.69) is 9.98 Å². The number of hydrogen-bond acceptors (Lipinski definition) is 5. The number of aryl methyl sites for hydroxylation is 1. The summed E-state index contributed by atoms with van der Waals surface area (Å²) in [5, 5.41) is 1.00. The molecule has 0 radical (unpaired) electrons. The number of urea groups is 1. The minimum Gasteiger partial charge on any atom is -0.497 e. The fourth-order valence-electron chi connectivity index (χ4n) is 4.21. The second kappa shape index (κ2) is 9.09. The van der Waals surface area contributed by atoms with Gasteiger partial charge >= 0.3 is 6.03 Å². The molecule has 176 valence electrons. The van der Waals surface area contributed by atoms with Crippen LogP contribution in [0.15, 0.2) is 47.5 Å². The minimum absolute atomic E-state index is 0.205. The summed E-state index contributed by atoms with van der Waals surface area (Å²) < 4.78 is 18.9. The number of benzene rings is 2. The summed E-state index contributed by atoms with van der Waals surface area (Å²) in [5.74, 6) is -2.33. The summed E-state index contributed by atoms with van der Waals surface area (Å²) >= 11 is 0. The van der Waals surface area contributed by atoms with Crippen molar-refractivity contribution < 1.29 is 23.5 Å². The van der Waals surface area contributed by atoms with Gasteiger partial charge in [0, 0.05) is 37.2 Å². The number of aromatic nitrogens is 1. The molecule has 2 heterocycles. The van der Waals surface area contributed by atoms with Crippen molar-refractivity contribution in [2.75, 3.05) is 27.7 Å². The summed E-state index contributed by atoms with van der Waals surface area (Å²) in [6, 6.07) is 10.5. The van der Waals surface area contributed by atoms with Crippen LogP contribution < -0.4 is 4.74 Å². The molecular weight excluding hydrogens is 439 g/mol. The predicted octanol–water partition coefficient (Wildman–Crippen LogP) is 3.32. The number of aromatic amines is 1. The number of ether oxygens (including phenoxy) is 1. The van der Waals surface area contributed by atoms with Crippen LogP contribution in [0.5, 0.6) is 5.75 Å². The molecule has 0 unspecified atom stereocenters. The van der Waals surface area contributed by atoms with Gasteiger partial charge in [-0.1, -0.05) is 12.1 Å². The van der Waals surface area contributed by atoms with E-state index < -0.39 is 29.6 Å². The number of imide groups is 2. The molecule has 3 aromatic rings. The Kier molecular flexibility index (Phi) is 6.19. The highest BCUT2D eigenvalue weighted by Gasteiger charge is 2.45. The van der Waals surface area contributed by atoms with Gasteiger partial charge in [-0.2, -0.15) is 0 Å². The average Bonchev–Trinajstić information content (AvgIpc) is 3.15. The van der Waals surface area contributed by atoms with E-state index in [9.17, 15) is 18.8 Å². The molecule has 0 atom stereocenters. The van der Waals surface area contributed by atoms with Crippen molar-refractivity contribution in [3.05, 3.63) is 65.1 Å². The molecule has 1 aliphatic rings. The van der Waals surface area contributed by atoms with Crippen molar-refractivity contribution in [3.63, 3.8) is 0 Å². The van der Waals surface area contributed by atoms with Crippen molar-refractivity contribution in [3.8, 4) is 5.75 Å². The average molecular weight is 464 g/mol. The lowest BCUT2D eigenvalue weighted by Gasteiger charge is -2.33. The monoisotopic (exact) mass is 464 g/mol. The van der Waals surface area contributed by atoms with E-state index >= 15 is 0 Å². The molecule has 8 nitrogen and oxygen atoms in total. The van der Waals surface area contributed by atoms with Gasteiger partial charge in [0.15, 0.2) is 5.92 Å². The van der Waals surface area contributed by atoms with Crippen molar-refractivity contribution in [1.82, 2.24) is 14.8 Å². The van der Waals surface area contributed by atoms with E-state index in [0.29, 0.717) is 12.0 Å². The molecule has 9 heteroatoms. The maximum atomic E-state index is 13.6. The highest BCUT2D eigenvalue weighted by Crippen LogP contribution is 2.27. The molecule has 0 bridgehead atoms. The standard InChI is InChI=1S/C25H25FN4O4/c1-14-18(19-13-17(34-4)9-10-20(19)28-14)11-12-27-22(15-5-7-16(26)8-6-15)21-23(31)29(2)25(33)30(3)24(21)32/h5-10,13,21,28H,11-12H2,1-4H3. The number of fused-ring (bicyclic) bond motifs is 1. The third-order valence-corrected chi connectivity index (χ3v) is 6.11. The Hall–Kier alpha value is -4.01.